The predicted octanol–water partition coefficient (Wildman–Crippen LogP) is 13.8. The van der Waals surface area contributed by atoms with Gasteiger partial charge < -0.3 is 18.9 Å². The first kappa shape index (κ1) is 54.7. The summed E-state index contributed by atoms with van der Waals surface area (Å²) in [5.74, 6) is -0.325. The molecule has 0 aromatic heterocycles. The summed E-state index contributed by atoms with van der Waals surface area (Å²) in [5.41, 5.74) is 0. The third kappa shape index (κ3) is 43.8. The van der Waals surface area contributed by atoms with Crippen LogP contribution >= 0.6 is 7.82 Å². The van der Waals surface area contributed by atoms with Gasteiger partial charge in [-0.25, -0.2) is 4.57 Å². The number of likely N-dealkylation sites (N-methyl/N-ethyl adjacent to an activating group) is 1. The Morgan fingerprint density at radius 3 is 1.54 bits per heavy atom. The second-order valence-electron chi connectivity index (χ2n) is 16.8. The first-order chi connectivity index (χ1) is 27.1. The maximum Gasteiger partial charge on any atom is 0.472 e. The molecule has 330 valence electrons. The number of carbonyl (C=O) groups excluding carboxylic acids is 1. The summed E-state index contributed by atoms with van der Waals surface area (Å²) in [7, 11) is 1.66. The number of phosphoric acid groups is 1. The van der Waals surface area contributed by atoms with Crippen molar-refractivity contribution in [2.45, 2.75) is 206 Å². The topological polar surface area (TPSA) is 91.3 Å². The van der Waals surface area contributed by atoms with Crippen LogP contribution in [0.15, 0.2) is 36.5 Å². The first-order valence-electron chi connectivity index (χ1n) is 23.2. The number of quaternary nitrogens is 1. The van der Waals surface area contributed by atoms with Gasteiger partial charge in [-0.1, -0.05) is 166 Å². The average molecular weight is 813 g/mol. The van der Waals surface area contributed by atoms with E-state index in [1.165, 1.54) is 122 Å². The summed E-state index contributed by atoms with van der Waals surface area (Å²) in [4.78, 5) is 22.8. The Balaban J connectivity index is 4.06. The van der Waals surface area contributed by atoms with E-state index in [0.29, 0.717) is 24.1 Å². The van der Waals surface area contributed by atoms with Gasteiger partial charge in [0.15, 0.2) is 0 Å². The van der Waals surface area contributed by atoms with Gasteiger partial charge in [-0.3, -0.25) is 13.8 Å². The minimum atomic E-state index is -4.27. The van der Waals surface area contributed by atoms with E-state index in [9.17, 15) is 14.3 Å². The fourth-order valence-electron chi connectivity index (χ4n) is 6.29. The van der Waals surface area contributed by atoms with Crippen molar-refractivity contribution in [2.24, 2.45) is 0 Å². The molecule has 0 spiro atoms. The van der Waals surface area contributed by atoms with Crippen LogP contribution in [0.1, 0.15) is 200 Å². The highest BCUT2D eigenvalue weighted by Gasteiger charge is 2.26. The summed E-state index contributed by atoms with van der Waals surface area (Å²) in [5, 5.41) is 0. The third-order valence-electron chi connectivity index (χ3n) is 9.90. The van der Waals surface area contributed by atoms with Crippen LogP contribution < -0.4 is 0 Å². The Morgan fingerprint density at radius 1 is 0.554 bits per heavy atom. The van der Waals surface area contributed by atoms with Crippen LogP contribution in [0.3, 0.4) is 0 Å². The summed E-state index contributed by atoms with van der Waals surface area (Å²) < 4.78 is 35.0. The molecule has 2 unspecified atom stereocenters. The normalized spacial score (nSPS) is 14.0. The fraction of sp³-hybridized carbons (Fsp3) is 0.851. The lowest BCUT2D eigenvalue weighted by molar-refractivity contribution is -0.870. The molecule has 0 heterocycles. The molecule has 56 heavy (non-hydrogen) atoms. The molecule has 0 fully saturated rings. The number of carbonyl (C=O) groups is 1. The molecule has 0 aliphatic heterocycles. The number of esters is 1. The van der Waals surface area contributed by atoms with Crippen LogP contribution in [0.2, 0.25) is 0 Å². The van der Waals surface area contributed by atoms with Crippen molar-refractivity contribution in [3.05, 3.63) is 36.5 Å². The summed E-state index contributed by atoms with van der Waals surface area (Å²) in [6, 6.07) is 0. The largest absolute Gasteiger partial charge is 0.472 e. The van der Waals surface area contributed by atoms with E-state index in [-0.39, 0.29) is 25.8 Å². The summed E-state index contributed by atoms with van der Waals surface area (Å²) >= 11 is 0. The van der Waals surface area contributed by atoms with E-state index in [1.54, 1.807) is 0 Å². The molecule has 9 heteroatoms. The van der Waals surface area contributed by atoms with Crippen LogP contribution in [0.4, 0.5) is 0 Å². The molecule has 0 aliphatic rings. The quantitative estimate of drug-likeness (QED) is 0.0215. The van der Waals surface area contributed by atoms with Gasteiger partial charge in [-0.2, -0.15) is 0 Å². The maximum atomic E-state index is 12.6. The second-order valence-corrected chi connectivity index (χ2v) is 18.2. The third-order valence-corrected chi connectivity index (χ3v) is 10.9. The number of unbranched alkanes of at least 4 members (excludes halogenated alkanes) is 23. The van der Waals surface area contributed by atoms with E-state index in [1.807, 2.05) is 21.1 Å². The fourth-order valence-corrected chi connectivity index (χ4v) is 7.03. The van der Waals surface area contributed by atoms with Crippen molar-refractivity contribution < 1.29 is 37.3 Å². The smallest absolute Gasteiger partial charge is 0.457 e. The lowest BCUT2D eigenvalue weighted by atomic mass is 10.0. The van der Waals surface area contributed by atoms with Gasteiger partial charge in [-0.15, -0.1) is 0 Å². The Morgan fingerprint density at radius 2 is 1.02 bits per heavy atom. The van der Waals surface area contributed by atoms with Gasteiger partial charge in [0.1, 0.15) is 19.3 Å². The molecular weight excluding hydrogens is 721 g/mol. The van der Waals surface area contributed by atoms with Gasteiger partial charge in [0.05, 0.1) is 34.4 Å². The van der Waals surface area contributed by atoms with Crippen molar-refractivity contribution in [3.63, 3.8) is 0 Å². The number of rotatable bonds is 43. The van der Waals surface area contributed by atoms with Crippen LogP contribution in [0, 0.1) is 0 Å². The molecule has 0 saturated carbocycles. The molecule has 8 nitrogen and oxygen atoms in total. The van der Waals surface area contributed by atoms with Crippen LogP contribution in [0.5, 0.6) is 0 Å². The number of ether oxygens (including phenoxy) is 2. The van der Waals surface area contributed by atoms with Gasteiger partial charge in [0.25, 0.3) is 0 Å². The molecule has 0 aromatic carbocycles. The van der Waals surface area contributed by atoms with E-state index >= 15 is 0 Å². The van der Waals surface area contributed by atoms with Crippen LogP contribution in [-0.2, 0) is 27.9 Å². The van der Waals surface area contributed by atoms with E-state index in [2.05, 4.69) is 50.3 Å². The molecule has 1 N–H and O–H groups in total. The van der Waals surface area contributed by atoms with E-state index in [4.69, 9.17) is 18.5 Å². The second kappa shape index (κ2) is 40.5. The van der Waals surface area contributed by atoms with Crippen LogP contribution in [-0.4, -0.2) is 75.6 Å². The van der Waals surface area contributed by atoms with Gasteiger partial charge >= 0.3 is 13.8 Å². The molecule has 0 radical (unpaired) electrons. The highest BCUT2D eigenvalue weighted by molar-refractivity contribution is 7.47. The first-order valence-corrected chi connectivity index (χ1v) is 24.7. The van der Waals surface area contributed by atoms with E-state index < -0.39 is 13.9 Å². The Labute approximate surface area is 346 Å². The Hall–Kier alpha value is -1.28. The SMILES string of the molecule is CCC/C=C\CCCCCCCC(=O)OC(COCCCCCCCCCCCCCC/C=C\C/C=C\CCCCCCC)COP(=O)(O)OCC[N+](C)(C)C. The zero-order chi connectivity index (χ0) is 41.3. The lowest BCUT2D eigenvalue weighted by Gasteiger charge is -2.24. The Kier molecular flexibility index (Phi) is 39.6. The van der Waals surface area contributed by atoms with Crippen molar-refractivity contribution in [1.29, 1.82) is 0 Å². The summed E-state index contributed by atoms with van der Waals surface area (Å²) in [6.07, 6.45) is 47.6. The lowest BCUT2D eigenvalue weighted by Crippen LogP contribution is -2.37. The monoisotopic (exact) mass is 813 g/mol. The van der Waals surface area contributed by atoms with Gasteiger partial charge in [0, 0.05) is 13.0 Å². The van der Waals surface area contributed by atoms with Gasteiger partial charge in [0.2, 0.25) is 0 Å². The highest BCUT2D eigenvalue weighted by Crippen LogP contribution is 2.43. The molecular formula is C47H91NO7P+. The van der Waals surface area contributed by atoms with Crippen molar-refractivity contribution in [3.8, 4) is 0 Å². The molecule has 0 aliphatic carbocycles. The number of nitrogens with zero attached hydrogens (tertiary/aromatic N) is 1. The zero-order valence-electron chi connectivity index (χ0n) is 37.4. The summed E-state index contributed by atoms with van der Waals surface area (Å²) in [6.45, 7) is 5.55. The zero-order valence-corrected chi connectivity index (χ0v) is 38.3. The van der Waals surface area contributed by atoms with E-state index in [0.717, 1.165) is 57.8 Å². The minimum Gasteiger partial charge on any atom is -0.457 e. The molecule has 0 rings (SSSR count). The number of hydrogen-bond acceptors (Lipinski definition) is 6. The standard InChI is InChI=1S/C47H90NO7P/c1-6-8-10-12-14-16-18-19-20-21-22-23-24-25-26-27-28-29-30-31-33-35-37-39-42-52-44-46(45-54-56(50,51)53-43-41-48(3,4)5)55-47(49)40-38-36-34-32-17-15-13-11-9-7-2/h11,13,18-19,21-22,46H,6-10,12,14-17,20,23-45H2,1-5H3/p+1/b13-11-,19-18-,22-21-. The number of phosphoric ester groups is 1. The highest BCUT2D eigenvalue weighted by atomic mass is 31.2. The molecule has 0 amide bonds. The Bertz CT molecular complexity index is 994. The molecule has 0 bridgehead atoms. The van der Waals surface area contributed by atoms with Crippen molar-refractivity contribution in [2.75, 3.05) is 54.1 Å². The number of hydrogen-bond donors (Lipinski definition) is 1. The van der Waals surface area contributed by atoms with Crippen molar-refractivity contribution in [1.82, 2.24) is 0 Å². The predicted molar refractivity (Wildman–Crippen MR) is 238 cm³/mol. The molecule has 0 saturated heterocycles. The average Bonchev–Trinajstić information content (AvgIpc) is 3.15. The molecule has 0 aromatic rings. The van der Waals surface area contributed by atoms with Crippen LogP contribution in [0.25, 0.3) is 0 Å². The van der Waals surface area contributed by atoms with Crippen molar-refractivity contribution >= 4 is 13.8 Å². The number of allylic oxidation sites excluding steroid dienone is 6. The maximum absolute atomic E-state index is 12.6. The molecule has 2 atom stereocenters. The van der Waals surface area contributed by atoms with Gasteiger partial charge in [-0.05, 0) is 64.2 Å². The minimum absolute atomic E-state index is 0.0869.